The van der Waals surface area contributed by atoms with Gasteiger partial charge < -0.3 is 15.4 Å². The fraction of sp³-hybridized carbons (Fsp3) is 0.920. The van der Waals surface area contributed by atoms with Crippen LogP contribution in [0.4, 0.5) is 0 Å². The first-order valence-electron chi connectivity index (χ1n) is 12.1. The van der Waals surface area contributed by atoms with Crippen molar-refractivity contribution in [2.45, 2.75) is 98.6 Å². The molecular weight excluding hydrogens is 376 g/mol. The lowest BCUT2D eigenvalue weighted by Gasteiger charge is -2.40. The Bertz CT molecular complexity index is 733. The summed E-state index contributed by atoms with van der Waals surface area (Å²) < 4.78 is 5.52. The molecule has 4 aliphatic rings. The largest absolute Gasteiger partial charge is 0.381 e. The fourth-order valence-corrected chi connectivity index (χ4v) is 7.31. The highest BCUT2D eigenvalue weighted by Crippen LogP contribution is 2.88. The molecule has 3 unspecified atom stereocenters. The van der Waals surface area contributed by atoms with Gasteiger partial charge in [-0.15, -0.1) is 0 Å². The first-order valence-corrected chi connectivity index (χ1v) is 12.1. The Morgan fingerprint density at radius 3 is 2.17 bits per heavy atom. The minimum Gasteiger partial charge on any atom is -0.381 e. The lowest BCUT2D eigenvalue weighted by atomic mass is 9.72. The summed E-state index contributed by atoms with van der Waals surface area (Å²) in [4.78, 5) is 29.4. The van der Waals surface area contributed by atoms with Gasteiger partial charge in [-0.3, -0.25) is 9.59 Å². The van der Waals surface area contributed by atoms with Crippen molar-refractivity contribution in [1.29, 1.82) is 0 Å². The third kappa shape index (κ3) is 2.66. The monoisotopic (exact) mass is 418 g/mol. The molecule has 1 amide bonds. The van der Waals surface area contributed by atoms with Crippen molar-refractivity contribution in [3.8, 4) is 0 Å². The Hall–Kier alpha value is -0.940. The number of hydrogen-bond acceptors (Lipinski definition) is 4. The van der Waals surface area contributed by atoms with E-state index in [4.69, 9.17) is 10.5 Å². The molecule has 0 aromatic heterocycles. The Morgan fingerprint density at radius 2 is 1.70 bits per heavy atom. The highest BCUT2D eigenvalue weighted by atomic mass is 16.5. The molecule has 170 valence electrons. The molecule has 0 radical (unpaired) electrons. The van der Waals surface area contributed by atoms with Gasteiger partial charge in [-0.05, 0) is 54.8 Å². The van der Waals surface area contributed by atoms with Crippen molar-refractivity contribution in [2.24, 2.45) is 32.8 Å². The van der Waals surface area contributed by atoms with Crippen LogP contribution in [0.3, 0.4) is 0 Å². The Kier molecular flexibility index (Phi) is 5.03. The van der Waals surface area contributed by atoms with E-state index in [-0.39, 0.29) is 34.0 Å². The van der Waals surface area contributed by atoms with Crippen molar-refractivity contribution < 1.29 is 14.3 Å². The van der Waals surface area contributed by atoms with Gasteiger partial charge in [-0.2, -0.15) is 0 Å². The summed E-state index contributed by atoms with van der Waals surface area (Å²) in [6.07, 6.45) is 6.95. The van der Waals surface area contributed by atoms with Gasteiger partial charge in [0, 0.05) is 30.6 Å². The number of carbonyl (C=O) groups excluding carboxylic acids is 2. The van der Waals surface area contributed by atoms with Crippen molar-refractivity contribution in [2.75, 3.05) is 19.8 Å². The summed E-state index contributed by atoms with van der Waals surface area (Å²) in [5.74, 6) is 0.204. The minimum atomic E-state index is -0.573. The molecule has 3 atom stereocenters. The van der Waals surface area contributed by atoms with Crippen LogP contribution in [0.2, 0.25) is 0 Å². The van der Waals surface area contributed by atoms with E-state index in [1.54, 1.807) is 0 Å². The lowest BCUT2D eigenvalue weighted by Crippen LogP contribution is -2.57. The Balaban J connectivity index is 1.65. The molecule has 2 aliphatic carbocycles. The zero-order chi connectivity index (χ0) is 22.2. The van der Waals surface area contributed by atoms with Crippen LogP contribution in [0.5, 0.6) is 0 Å². The first kappa shape index (κ1) is 22.3. The Morgan fingerprint density at radius 1 is 1.10 bits per heavy atom. The second-order valence-corrected chi connectivity index (χ2v) is 12.2. The summed E-state index contributed by atoms with van der Waals surface area (Å²) in [7, 11) is 0. The van der Waals surface area contributed by atoms with Crippen molar-refractivity contribution >= 4 is 11.7 Å². The van der Waals surface area contributed by atoms with E-state index in [9.17, 15) is 9.59 Å². The van der Waals surface area contributed by atoms with Gasteiger partial charge in [-0.1, -0.05) is 48.0 Å². The molecule has 2 heterocycles. The van der Waals surface area contributed by atoms with E-state index in [2.05, 4.69) is 27.7 Å². The third-order valence-electron chi connectivity index (χ3n) is 10.6. The van der Waals surface area contributed by atoms with Crippen LogP contribution < -0.4 is 5.73 Å². The molecule has 2 spiro atoms. The summed E-state index contributed by atoms with van der Waals surface area (Å²) >= 11 is 0. The van der Waals surface area contributed by atoms with Crippen molar-refractivity contribution in [3.63, 3.8) is 0 Å². The topological polar surface area (TPSA) is 72.6 Å². The predicted octanol–water partition coefficient (Wildman–Crippen LogP) is 3.93. The summed E-state index contributed by atoms with van der Waals surface area (Å²) in [6.45, 7) is 15.0. The minimum absolute atomic E-state index is 0.0151. The van der Waals surface area contributed by atoms with Crippen molar-refractivity contribution in [1.82, 2.24) is 4.90 Å². The van der Waals surface area contributed by atoms with E-state index in [0.717, 1.165) is 25.7 Å². The number of carbonyl (C=O) groups is 2. The molecular formula is C25H42N2O3. The van der Waals surface area contributed by atoms with Crippen LogP contribution in [0, 0.1) is 27.1 Å². The predicted molar refractivity (Wildman–Crippen MR) is 118 cm³/mol. The second-order valence-electron chi connectivity index (χ2n) is 12.2. The number of nitrogens with zero attached hydrogens (tertiary/aromatic N) is 1. The van der Waals surface area contributed by atoms with E-state index in [0.29, 0.717) is 25.2 Å². The summed E-state index contributed by atoms with van der Waals surface area (Å²) in [6, 6.07) is -0.906. The third-order valence-corrected chi connectivity index (χ3v) is 10.6. The molecule has 2 aliphatic heterocycles. The second kappa shape index (κ2) is 6.78. The lowest BCUT2D eigenvalue weighted by molar-refractivity contribution is -0.145. The highest BCUT2D eigenvalue weighted by Gasteiger charge is 2.85. The maximum atomic E-state index is 13.8. The van der Waals surface area contributed by atoms with E-state index in [1.807, 2.05) is 18.7 Å². The number of nitrogens with two attached hydrogens (primary N) is 1. The average molecular weight is 419 g/mol. The molecule has 0 bridgehead atoms. The molecule has 30 heavy (non-hydrogen) atoms. The maximum Gasteiger partial charge on any atom is 0.240 e. The quantitative estimate of drug-likeness (QED) is 0.734. The molecule has 4 fully saturated rings. The number of likely N-dealkylation sites (tertiary alicyclic amines) is 1. The average Bonchev–Trinajstić information content (AvgIpc) is 2.92. The molecule has 2 saturated heterocycles. The number of ether oxygens (including phenoxy) is 1. The number of rotatable bonds is 5. The Labute approximate surface area is 182 Å². The number of fused-ring (bicyclic) bond motifs is 1. The number of ketones is 1. The van der Waals surface area contributed by atoms with Gasteiger partial charge in [0.1, 0.15) is 0 Å². The van der Waals surface area contributed by atoms with Crippen LogP contribution in [0.25, 0.3) is 0 Å². The number of Topliss-reactive ketones (excluding diaryl/α,β-unsaturated/α-hetero) is 1. The van der Waals surface area contributed by atoms with Crippen molar-refractivity contribution in [3.05, 3.63) is 0 Å². The molecule has 2 saturated carbocycles. The standard InChI is InChI=1S/C25H42N2O3/c1-7-21(2,3)19(28)17-15-25(22(4,5)24(25)9-8-10-24)16-27(17)20(29)18(26)23(6)11-13-30-14-12-23/h17-18H,7-16,26H2,1-6H3. The van der Waals surface area contributed by atoms with Gasteiger partial charge in [0.2, 0.25) is 5.91 Å². The molecule has 5 heteroatoms. The highest BCUT2D eigenvalue weighted by molar-refractivity contribution is 5.95. The smallest absolute Gasteiger partial charge is 0.240 e. The number of amides is 1. The fourth-order valence-electron chi connectivity index (χ4n) is 7.31. The van der Waals surface area contributed by atoms with Crippen LogP contribution in [0.15, 0.2) is 0 Å². The van der Waals surface area contributed by atoms with Crippen LogP contribution in [0.1, 0.15) is 86.5 Å². The zero-order valence-electron chi connectivity index (χ0n) is 20.0. The first-order chi connectivity index (χ1) is 13.9. The van der Waals surface area contributed by atoms with Gasteiger partial charge in [0.15, 0.2) is 5.78 Å². The van der Waals surface area contributed by atoms with E-state index in [1.165, 1.54) is 19.3 Å². The molecule has 0 aromatic rings. The van der Waals surface area contributed by atoms with Gasteiger partial charge in [-0.25, -0.2) is 0 Å². The van der Waals surface area contributed by atoms with Gasteiger partial charge in [0.05, 0.1) is 12.1 Å². The molecule has 2 N–H and O–H groups in total. The van der Waals surface area contributed by atoms with Gasteiger partial charge >= 0.3 is 0 Å². The van der Waals surface area contributed by atoms with Crippen LogP contribution in [-0.2, 0) is 14.3 Å². The van der Waals surface area contributed by atoms with E-state index >= 15 is 0 Å². The molecule has 5 nitrogen and oxygen atoms in total. The van der Waals surface area contributed by atoms with Crippen LogP contribution in [-0.4, -0.2) is 48.4 Å². The van der Waals surface area contributed by atoms with Crippen LogP contribution >= 0.6 is 0 Å². The zero-order valence-corrected chi connectivity index (χ0v) is 20.0. The maximum absolute atomic E-state index is 13.8. The normalized spacial score (nSPS) is 34.6. The van der Waals surface area contributed by atoms with E-state index < -0.39 is 11.5 Å². The number of hydrogen-bond donors (Lipinski definition) is 1. The summed E-state index contributed by atoms with van der Waals surface area (Å²) in [5, 5.41) is 0. The van der Waals surface area contributed by atoms with Gasteiger partial charge in [0.25, 0.3) is 0 Å². The molecule has 0 aromatic carbocycles. The molecule has 4 rings (SSSR count). The summed E-state index contributed by atoms with van der Waals surface area (Å²) in [5.41, 5.74) is 6.54. The SMILES string of the molecule is CCC(C)(C)C(=O)C1CC2(CN1C(=O)C(N)C1(C)CCOCC1)C(C)(C)C21CCC1.